The Hall–Kier alpha value is -0.910. The van der Waals surface area contributed by atoms with Gasteiger partial charge in [-0.3, -0.25) is 4.90 Å². The minimum absolute atomic E-state index is 0.428. The Balaban J connectivity index is 1.22. The fourth-order valence-corrected chi connectivity index (χ4v) is 5.14. The quantitative estimate of drug-likeness (QED) is 0.714. The van der Waals surface area contributed by atoms with Crippen LogP contribution < -0.4 is 0 Å². The number of hydrogen-bond donors (Lipinski definition) is 0. The van der Waals surface area contributed by atoms with Crippen LogP contribution in [0.5, 0.6) is 0 Å². The highest BCUT2D eigenvalue weighted by atomic mass is 16.5. The van der Waals surface area contributed by atoms with Crippen LogP contribution in [0.2, 0.25) is 0 Å². The number of likely N-dealkylation sites (tertiary alicyclic amines) is 2. The Morgan fingerprint density at radius 2 is 1.96 bits per heavy atom. The molecule has 4 fully saturated rings. The summed E-state index contributed by atoms with van der Waals surface area (Å²) in [6, 6.07) is 2.08. The molecule has 0 bridgehead atoms. The first-order chi connectivity index (χ1) is 12.7. The molecule has 2 aliphatic heterocycles. The van der Waals surface area contributed by atoms with E-state index in [-0.39, 0.29) is 0 Å². The van der Waals surface area contributed by atoms with Gasteiger partial charge in [0.25, 0.3) is 0 Å². The molecule has 0 radical (unpaired) electrons. The second-order valence-corrected chi connectivity index (χ2v) is 9.57. The largest absolute Gasteiger partial charge is 0.381 e. The number of hydrogen-bond acceptors (Lipinski definition) is 5. The molecule has 144 valence electrons. The first kappa shape index (κ1) is 17.2. The summed E-state index contributed by atoms with van der Waals surface area (Å²) in [7, 11) is 0. The predicted octanol–water partition coefficient (Wildman–Crippen LogP) is 2.94. The number of aromatic nitrogens is 1. The second kappa shape index (κ2) is 6.92. The monoisotopic (exact) mass is 359 g/mol. The lowest BCUT2D eigenvalue weighted by molar-refractivity contribution is 0.0555. The third-order valence-electron chi connectivity index (χ3n) is 6.99. The van der Waals surface area contributed by atoms with Crippen LogP contribution in [0.15, 0.2) is 10.6 Å². The molecule has 4 aliphatic rings. The minimum Gasteiger partial charge on any atom is -0.381 e. The third kappa shape index (κ3) is 3.85. The minimum atomic E-state index is 0.428. The summed E-state index contributed by atoms with van der Waals surface area (Å²) >= 11 is 0. The predicted molar refractivity (Wildman–Crippen MR) is 99.8 cm³/mol. The van der Waals surface area contributed by atoms with E-state index in [0.29, 0.717) is 11.3 Å². The van der Waals surface area contributed by atoms with Crippen LogP contribution in [0.3, 0.4) is 0 Å². The van der Waals surface area contributed by atoms with Gasteiger partial charge in [0, 0.05) is 56.7 Å². The Labute approximate surface area is 157 Å². The summed E-state index contributed by atoms with van der Waals surface area (Å²) in [6.45, 7) is 11.1. The van der Waals surface area contributed by atoms with Crippen LogP contribution in [0, 0.1) is 30.1 Å². The van der Waals surface area contributed by atoms with Crippen molar-refractivity contribution in [3.05, 3.63) is 17.5 Å². The Bertz CT molecular complexity index is 625. The van der Waals surface area contributed by atoms with Gasteiger partial charge < -0.3 is 14.2 Å². The first-order valence-electron chi connectivity index (χ1n) is 10.6. The number of aryl methyl sites for hydroxylation is 1. The van der Waals surface area contributed by atoms with Gasteiger partial charge in [-0.1, -0.05) is 5.16 Å². The summed E-state index contributed by atoms with van der Waals surface area (Å²) in [6.07, 6.45) is 6.97. The first-order valence-corrected chi connectivity index (χ1v) is 10.6. The van der Waals surface area contributed by atoms with Crippen molar-refractivity contribution >= 4 is 0 Å². The van der Waals surface area contributed by atoms with Gasteiger partial charge in [0.2, 0.25) is 0 Å². The van der Waals surface area contributed by atoms with Crippen LogP contribution >= 0.6 is 0 Å². The van der Waals surface area contributed by atoms with Gasteiger partial charge in [0.05, 0.1) is 12.3 Å². The standard InChI is InChI=1S/C21H33N3O2/c1-16-8-20(22-26-16)11-23-7-6-21(14-23)15-24(9-17-2-3-17)10-19(21)13-25-12-18-4-5-18/h8,17-19H,2-7,9-15H2,1H3/t19-,21-/m0/s1. The van der Waals surface area contributed by atoms with Crippen LogP contribution in [-0.2, 0) is 11.3 Å². The summed E-state index contributed by atoms with van der Waals surface area (Å²) in [5.74, 6) is 3.46. The molecule has 26 heavy (non-hydrogen) atoms. The van der Waals surface area contributed by atoms with E-state index in [1.165, 1.54) is 64.8 Å². The van der Waals surface area contributed by atoms with Crippen molar-refractivity contribution in [2.24, 2.45) is 23.2 Å². The molecule has 2 atom stereocenters. The van der Waals surface area contributed by atoms with E-state index in [4.69, 9.17) is 9.26 Å². The van der Waals surface area contributed by atoms with Crippen molar-refractivity contribution in [3.8, 4) is 0 Å². The van der Waals surface area contributed by atoms with E-state index in [1.807, 2.05) is 6.92 Å². The molecule has 2 saturated heterocycles. The smallest absolute Gasteiger partial charge is 0.133 e. The van der Waals surface area contributed by atoms with Crippen LogP contribution in [0.25, 0.3) is 0 Å². The zero-order valence-corrected chi connectivity index (χ0v) is 16.2. The molecular weight excluding hydrogens is 326 g/mol. The molecule has 2 saturated carbocycles. The molecule has 2 aliphatic carbocycles. The van der Waals surface area contributed by atoms with E-state index < -0.39 is 0 Å². The molecule has 1 aromatic heterocycles. The summed E-state index contributed by atoms with van der Waals surface area (Å²) in [4.78, 5) is 5.35. The van der Waals surface area contributed by atoms with Crippen molar-refractivity contribution < 1.29 is 9.26 Å². The van der Waals surface area contributed by atoms with Crippen LogP contribution in [0.4, 0.5) is 0 Å². The zero-order valence-electron chi connectivity index (χ0n) is 16.2. The van der Waals surface area contributed by atoms with Crippen molar-refractivity contribution in [1.82, 2.24) is 15.0 Å². The normalized spacial score (nSPS) is 32.9. The molecule has 0 aromatic carbocycles. The van der Waals surface area contributed by atoms with Gasteiger partial charge in [0.15, 0.2) is 0 Å². The second-order valence-electron chi connectivity index (χ2n) is 9.57. The Morgan fingerprint density at radius 3 is 2.69 bits per heavy atom. The molecule has 5 rings (SSSR count). The van der Waals surface area contributed by atoms with E-state index in [2.05, 4.69) is 21.0 Å². The summed E-state index contributed by atoms with van der Waals surface area (Å²) in [5.41, 5.74) is 1.51. The van der Waals surface area contributed by atoms with Crippen molar-refractivity contribution in [1.29, 1.82) is 0 Å². The highest BCUT2D eigenvalue weighted by molar-refractivity contribution is 5.07. The van der Waals surface area contributed by atoms with Crippen molar-refractivity contribution in [2.75, 3.05) is 45.9 Å². The van der Waals surface area contributed by atoms with E-state index in [9.17, 15) is 0 Å². The molecular formula is C21H33N3O2. The average Bonchev–Trinajstić information content (AvgIpc) is 3.50. The lowest BCUT2D eigenvalue weighted by Crippen LogP contribution is -2.36. The number of rotatable bonds is 8. The fourth-order valence-electron chi connectivity index (χ4n) is 5.14. The maximum Gasteiger partial charge on any atom is 0.133 e. The topological polar surface area (TPSA) is 41.7 Å². The average molecular weight is 360 g/mol. The summed E-state index contributed by atoms with van der Waals surface area (Å²) < 4.78 is 11.4. The molecule has 1 spiro atoms. The number of ether oxygens (including phenoxy) is 1. The van der Waals surface area contributed by atoms with Gasteiger partial charge in [-0.2, -0.15) is 0 Å². The molecule has 5 nitrogen and oxygen atoms in total. The maximum atomic E-state index is 6.18. The molecule has 3 heterocycles. The molecule has 1 aromatic rings. The highest BCUT2D eigenvalue weighted by Gasteiger charge is 2.50. The Morgan fingerprint density at radius 1 is 1.15 bits per heavy atom. The van der Waals surface area contributed by atoms with Gasteiger partial charge in [-0.15, -0.1) is 0 Å². The molecule has 0 unspecified atom stereocenters. The van der Waals surface area contributed by atoms with Crippen LogP contribution in [0.1, 0.15) is 43.6 Å². The highest BCUT2D eigenvalue weighted by Crippen LogP contribution is 2.46. The maximum absolute atomic E-state index is 6.18. The third-order valence-corrected chi connectivity index (χ3v) is 6.99. The number of nitrogens with zero attached hydrogens (tertiary/aromatic N) is 3. The van der Waals surface area contributed by atoms with Crippen LogP contribution in [-0.4, -0.2) is 60.9 Å². The van der Waals surface area contributed by atoms with Gasteiger partial charge >= 0.3 is 0 Å². The molecule has 5 heteroatoms. The lowest BCUT2D eigenvalue weighted by atomic mass is 9.77. The Kier molecular flexibility index (Phi) is 4.58. The summed E-state index contributed by atoms with van der Waals surface area (Å²) in [5, 5.41) is 4.20. The SMILES string of the molecule is Cc1cc(CN2CC[C@]3(C2)CN(CC2CC2)C[C@H]3COCC2CC2)no1. The van der Waals surface area contributed by atoms with Crippen molar-refractivity contribution in [2.45, 2.75) is 45.6 Å². The van der Waals surface area contributed by atoms with Crippen molar-refractivity contribution in [3.63, 3.8) is 0 Å². The fraction of sp³-hybridized carbons (Fsp3) is 0.857. The van der Waals surface area contributed by atoms with Gasteiger partial charge in [0.1, 0.15) is 5.76 Å². The van der Waals surface area contributed by atoms with Gasteiger partial charge in [-0.05, 0) is 57.4 Å². The lowest BCUT2D eigenvalue weighted by Gasteiger charge is -2.30. The molecule has 0 amide bonds. The van der Waals surface area contributed by atoms with E-state index in [1.54, 1.807) is 0 Å². The zero-order chi connectivity index (χ0) is 17.6. The van der Waals surface area contributed by atoms with E-state index >= 15 is 0 Å². The molecule has 0 N–H and O–H groups in total. The van der Waals surface area contributed by atoms with Gasteiger partial charge in [-0.25, -0.2) is 0 Å². The van der Waals surface area contributed by atoms with E-state index in [0.717, 1.165) is 43.0 Å².